The maximum atomic E-state index is 11.0. The highest BCUT2D eigenvalue weighted by Crippen LogP contribution is 2.28. The van der Waals surface area contributed by atoms with Gasteiger partial charge in [0.15, 0.2) is 0 Å². The van der Waals surface area contributed by atoms with Gasteiger partial charge in [-0.1, -0.05) is 6.92 Å². The van der Waals surface area contributed by atoms with Gasteiger partial charge in [0.2, 0.25) is 0 Å². The molecule has 3 nitrogen and oxygen atoms in total. The van der Waals surface area contributed by atoms with Gasteiger partial charge in [0, 0.05) is 18.3 Å². The van der Waals surface area contributed by atoms with Gasteiger partial charge in [0.05, 0.1) is 5.56 Å². The number of rotatable bonds is 2. The molecule has 2 unspecified atom stereocenters. The standard InChI is InChI=1S/C15H21NO2/c1-10-4-5-12(3)16(9-10)13-6-7-14(15(17)18)11(2)8-13/h6-8,10,12H,4-5,9H2,1-3H3,(H,17,18). The van der Waals surface area contributed by atoms with Gasteiger partial charge in [0.1, 0.15) is 0 Å². The SMILES string of the molecule is Cc1cc(N2CC(C)CCC2C)ccc1C(=O)O. The molecule has 0 bridgehead atoms. The van der Waals surface area contributed by atoms with Crippen molar-refractivity contribution in [1.29, 1.82) is 0 Å². The van der Waals surface area contributed by atoms with Crippen molar-refractivity contribution in [3.05, 3.63) is 29.3 Å². The Morgan fingerprint density at radius 3 is 2.67 bits per heavy atom. The Bertz CT molecular complexity index is 456. The van der Waals surface area contributed by atoms with Gasteiger partial charge in [-0.15, -0.1) is 0 Å². The van der Waals surface area contributed by atoms with Crippen LogP contribution >= 0.6 is 0 Å². The summed E-state index contributed by atoms with van der Waals surface area (Å²) in [5.41, 5.74) is 2.39. The third-order valence-electron chi connectivity index (χ3n) is 3.89. The smallest absolute Gasteiger partial charge is 0.335 e. The van der Waals surface area contributed by atoms with Crippen LogP contribution in [0.1, 0.15) is 42.6 Å². The summed E-state index contributed by atoms with van der Waals surface area (Å²) in [6.45, 7) is 7.45. The maximum Gasteiger partial charge on any atom is 0.335 e. The predicted octanol–water partition coefficient (Wildman–Crippen LogP) is 3.32. The highest BCUT2D eigenvalue weighted by Gasteiger charge is 2.23. The fraction of sp³-hybridized carbons (Fsp3) is 0.533. The lowest BCUT2D eigenvalue weighted by Gasteiger charge is -2.38. The molecule has 0 saturated carbocycles. The summed E-state index contributed by atoms with van der Waals surface area (Å²) in [6, 6.07) is 6.19. The first-order chi connectivity index (χ1) is 8.49. The lowest BCUT2D eigenvalue weighted by Crippen LogP contribution is -2.41. The molecule has 0 radical (unpaired) electrons. The lowest BCUT2D eigenvalue weighted by atomic mass is 9.94. The van der Waals surface area contributed by atoms with Gasteiger partial charge in [-0.05, 0) is 56.4 Å². The number of aromatic carboxylic acids is 1. The molecule has 1 aliphatic rings. The minimum absolute atomic E-state index is 0.400. The number of carboxylic acid groups (broad SMARTS) is 1. The van der Waals surface area contributed by atoms with Crippen molar-refractivity contribution in [2.24, 2.45) is 5.92 Å². The Labute approximate surface area is 108 Å². The quantitative estimate of drug-likeness (QED) is 0.871. The van der Waals surface area contributed by atoms with Crippen LogP contribution < -0.4 is 4.90 Å². The van der Waals surface area contributed by atoms with Crippen molar-refractivity contribution >= 4 is 11.7 Å². The maximum absolute atomic E-state index is 11.0. The third kappa shape index (κ3) is 2.50. The summed E-state index contributed by atoms with van der Waals surface area (Å²) in [4.78, 5) is 13.4. The number of hydrogen-bond donors (Lipinski definition) is 1. The Morgan fingerprint density at radius 2 is 2.06 bits per heavy atom. The van der Waals surface area contributed by atoms with E-state index in [1.54, 1.807) is 6.07 Å². The number of anilines is 1. The van der Waals surface area contributed by atoms with Gasteiger partial charge in [-0.3, -0.25) is 0 Å². The number of hydrogen-bond acceptors (Lipinski definition) is 2. The second kappa shape index (κ2) is 5.01. The first-order valence-corrected chi connectivity index (χ1v) is 6.59. The van der Waals surface area contributed by atoms with Gasteiger partial charge < -0.3 is 10.0 Å². The number of benzene rings is 1. The minimum Gasteiger partial charge on any atom is -0.478 e. The molecule has 1 saturated heterocycles. The molecule has 3 heteroatoms. The molecule has 18 heavy (non-hydrogen) atoms. The van der Waals surface area contributed by atoms with Crippen LogP contribution in [-0.2, 0) is 0 Å². The molecule has 1 fully saturated rings. The van der Waals surface area contributed by atoms with Crippen LogP contribution in [0.15, 0.2) is 18.2 Å². The molecular weight excluding hydrogens is 226 g/mol. The number of carbonyl (C=O) groups is 1. The molecule has 1 aromatic rings. The van der Waals surface area contributed by atoms with Crippen molar-refractivity contribution in [1.82, 2.24) is 0 Å². The molecule has 1 aliphatic heterocycles. The van der Waals surface area contributed by atoms with Crippen molar-refractivity contribution < 1.29 is 9.90 Å². The van der Waals surface area contributed by atoms with E-state index in [9.17, 15) is 4.79 Å². The van der Waals surface area contributed by atoms with Crippen molar-refractivity contribution in [2.45, 2.75) is 39.7 Å². The van der Waals surface area contributed by atoms with Crippen molar-refractivity contribution in [3.8, 4) is 0 Å². The molecule has 98 valence electrons. The van der Waals surface area contributed by atoms with Crippen LogP contribution in [-0.4, -0.2) is 23.7 Å². The average Bonchev–Trinajstić information content (AvgIpc) is 2.31. The third-order valence-corrected chi connectivity index (χ3v) is 3.89. The first-order valence-electron chi connectivity index (χ1n) is 6.59. The highest BCUT2D eigenvalue weighted by atomic mass is 16.4. The highest BCUT2D eigenvalue weighted by molar-refractivity contribution is 5.89. The van der Waals surface area contributed by atoms with Crippen LogP contribution in [0.25, 0.3) is 0 Å². The molecule has 1 heterocycles. The second-order valence-electron chi connectivity index (χ2n) is 5.49. The van der Waals surface area contributed by atoms with Crippen molar-refractivity contribution in [3.63, 3.8) is 0 Å². The summed E-state index contributed by atoms with van der Waals surface area (Å²) in [6.07, 6.45) is 2.49. The van der Waals surface area contributed by atoms with E-state index in [4.69, 9.17) is 5.11 Å². The zero-order valence-corrected chi connectivity index (χ0v) is 11.3. The molecule has 2 rings (SSSR count). The van der Waals surface area contributed by atoms with Crippen LogP contribution in [0, 0.1) is 12.8 Å². The molecular formula is C15H21NO2. The molecule has 1 aromatic carbocycles. The Kier molecular flexibility index (Phi) is 3.60. The molecule has 0 aliphatic carbocycles. The first kappa shape index (κ1) is 12.9. The second-order valence-corrected chi connectivity index (χ2v) is 5.49. The van der Waals surface area contributed by atoms with E-state index in [1.807, 2.05) is 19.1 Å². The van der Waals surface area contributed by atoms with E-state index in [0.29, 0.717) is 17.5 Å². The monoisotopic (exact) mass is 247 g/mol. The Morgan fingerprint density at radius 1 is 1.33 bits per heavy atom. The van der Waals surface area contributed by atoms with E-state index >= 15 is 0 Å². The zero-order chi connectivity index (χ0) is 13.3. The number of aryl methyl sites for hydroxylation is 1. The predicted molar refractivity (Wildman–Crippen MR) is 73.3 cm³/mol. The van der Waals surface area contributed by atoms with Crippen LogP contribution in [0.3, 0.4) is 0 Å². The van der Waals surface area contributed by atoms with Gasteiger partial charge in [0.25, 0.3) is 0 Å². The van der Waals surface area contributed by atoms with Crippen LogP contribution in [0.5, 0.6) is 0 Å². The largest absolute Gasteiger partial charge is 0.478 e. The topological polar surface area (TPSA) is 40.5 Å². The normalized spacial score (nSPS) is 24.1. The van der Waals surface area contributed by atoms with Crippen LogP contribution in [0.4, 0.5) is 5.69 Å². The summed E-state index contributed by atoms with van der Waals surface area (Å²) in [5, 5.41) is 9.05. The van der Waals surface area contributed by atoms with Gasteiger partial charge in [-0.2, -0.15) is 0 Å². The number of piperidine rings is 1. The zero-order valence-electron chi connectivity index (χ0n) is 11.3. The molecule has 0 spiro atoms. The fourth-order valence-corrected chi connectivity index (χ4v) is 2.71. The minimum atomic E-state index is -0.848. The summed E-state index contributed by atoms with van der Waals surface area (Å²) >= 11 is 0. The summed E-state index contributed by atoms with van der Waals surface area (Å²) in [5.74, 6) is -0.139. The molecule has 2 atom stereocenters. The van der Waals surface area contributed by atoms with E-state index in [2.05, 4.69) is 18.7 Å². The average molecular weight is 247 g/mol. The summed E-state index contributed by atoms with van der Waals surface area (Å²) in [7, 11) is 0. The number of nitrogens with zero attached hydrogens (tertiary/aromatic N) is 1. The van der Waals surface area contributed by atoms with E-state index in [1.165, 1.54) is 12.8 Å². The Balaban J connectivity index is 2.28. The number of carboxylic acids is 1. The molecule has 0 aromatic heterocycles. The Hall–Kier alpha value is -1.51. The van der Waals surface area contributed by atoms with Gasteiger partial charge >= 0.3 is 5.97 Å². The summed E-state index contributed by atoms with van der Waals surface area (Å²) < 4.78 is 0. The van der Waals surface area contributed by atoms with E-state index < -0.39 is 5.97 Å². The lowest BCUT2D eigenvalue weighted by molar-refractivity contribution is 0.0696. The van der Waals surface area contributed by atoms with E-state index in [-0.39, 0.29) is 0 Å². The van der Waals surface area contributed by atoms with E-state index in [0.717, 1.165) is 17.8 Å². The van der Waals surface area contributed by atoms with Crippen molar-refractivity contribution in [2.75, 3.05) is 11.4 Å². The molecule has 0 amide bonds. The van der Waals surface area contributed by atoms with Crippen LogP contribution in [0.2, 0.25) is 0 Å². The molecule has 1 N–H and O–H groups in total. The fourth-order valence-electron chi connectivity index (χ4n) is 2.71. The van der Waals surface area contributed by atoms with Gasteiger partial charge in [-0.25, -0.2) is 4.79 Å².